The molecule has 0 radical (unpaired) electrons. The molecule has 2 aromatic carbocycles. The fourth-order valence-corrected chi connectivity index (χ4v) is 2.97. The van der Waals surface area contributed by atoms with Gasteiger partial charge in [-0.15, -0.1) is 12.4 Å². The van der Waals surface area contributed by atoms with Gasteiger partial charge in [0.05, 0.1) is 0 Å². The number of halogens is 1. The summed E-state index contributed by atoms with van der Waals surface area (Å²) in [6.45, 7) is 4.11. The zero-order chi connectivity index (χ0) is 15.2. The Morgan fingerprint density at radius 3 is 2.35 bits per heavy atom. The van der Waals surface area contributed by atoms with Crippen molar-refractivity contribution in [1.29, 1.82) is 0 Å². The van der Waals surface area contributed by atoms with Gasteiger partial charge in [-0.3, -0.25) is 4.90 Å². The molecule has 0 amide bonds. The first-order valence-electron chi connectivity index (χ1n) is 8.08. The SMILES string of the molecule is Cl.NCC1CCN(Cc2cccc(Oc3ccccc3)c2)CC1. The molecule has 0 aromatic heterocycles. The lowest BCUT2D eigenvalue weighted by molar-refractivity contribution is 0.180. The van der Waals surface area contributed by atoms with Crippen LogP contribution in [0.15, 0.2) is 54.6 Å². The summed E-state index contributed by atoms with van der Waals surface area (Å²) < 4.78 is 5.91. The maximum atomic E-state index is 5.91. The molecule has 1 aliphatic rings. The number of hydrogen-bond acceptors (Lipinski definition) is 3. The van der Waals surface area contributed by atoms with Crippen molar-refractivity contribution in [2.24, 2.45) is 11.7 Å². The van der Waals surface area contributed by atoms with Gasteiger partial charge in [0.25, 0.3) is 0 Å². The summed E-state index contributed by atoms with van der Waals surface area (Å²) in [4.78, 5) is 2.51. The Hall–Kier alpha value is -1.55. The zero-order valence-corrected chi connectivity index (χ0v) is 14.2. The number of rotatable bonds is 5. The van der Waals surface area contributed by atoms with Crippen LogP contribution in [-0.2, 0) is 6.54 Å². The quantitative estimate of drug-likeness (QED) is 0.897. The van der Waals surface area contributed by atoms with Crippen LogP contribution < -0.4 is 10.5 Å². The van der Waals surface area contributed by atoms with Gasteiger partial charge in [0, 0.05) is 6.54 Å². The number of ether oxygens (including phenoxy) is 1. The number of piperidine rings is 1. The van der Waals surface area contributed by atoms with Crippen molar-refractivity contribution >= 4 is 12.4 Å². The van der Waals surface area contributed by atoms with E-state index in [1.807, 2.05) is 36.4 Å². The number of para-hydroxylation sites is 1. The average Bonchev–Trinajstić information content (AvgIpc) is 2.57. The smallest absolute Gasteiger partial charge is 0.127 e. The molecule has 23 heavy (non-hydrogen) atoms. The first-order valence-corrected chi connectivity index (χ1v) is 8.08. The molecule has 1 aliphatic heterocycles. The number of benzene rings is 2. The summed E-state index contributed by atoms with van der Waals surface area (Å²) in [6.07, 6.45) is 2.44. The maximum absolute atomic E-state index is 5.91. The molecule has 0 unspecified atom stereocenters. The highest BCUT2D eigenvalue weighted by atomic mass is 35.5. The molecule has 3 rings (SSSR count). The van der Waals surface area contributed by atoms with Crippen molar-refractivity contribution in [2.45, 2.75) is 19.4 Å². The predicted molar refractivity (Wildman–Crippen MR) is 97.3 cm³/mol. The topological polar surface area (TPSA) is 38.5 Å². The minimum atomic E-state index is 0. The second-order valence-electron chi connectivity index (χ2n) is 6.02. The molecule has 1 fully saturated rings. The molecule has 4 heteroatoms. The van der Waals surface area contributed by atoms with Gasteiger partial charge in [-0.1, -0.05) is 30.3 Å². The van der Waals surface area contributed by atoms with Crippen LogP contribution in [0.5, 0.6) is 11.5 Å². The number of nitrogens with zero attached hydrogens (tertiary/aromatic N) is 1. The molecule has 2 aromatic rings. The number of likely N-dealkylation sites (tertiary alicyclic amines) is 1. The molecule has 0 atom stereocenters. The second kappa shape index (κ2) is 8.92. The van der Waals surface area contributed by atoms with Crippen LogP contribution in [0.4, 0.5) is 0 Å². The van der Waals surface area contributed by atoms with Gasteiger partial charge in [0.2, 0.25) is 0 Å². The van der Waals surface area contributed by atoms with Gasteiger partial charge in [-0.05, 0) is 68.2 Å². The van der Waals surface area contributed by atoms with E-state index < -0.39 is 0 Å². The van der Waals surface area contributed by atoms with Gasteiger partial charge in [0.15, 0.2) is 0 Å². The molecular formula is C19H25ClN2O. The van der Waals surface area contributed by atoms with E-state index in [1.54, 1.807) is 0 Å². The van der Waals surface area contributed by atoms with Gasteiger partial charge in [-0.25, -0.2) is 0 Å². The van der Waals surface area contributed by atoms with E-state index in [9.17, 15) is 0 Å². The third-order valence-electron chi connectivity index (χ3n) is 4.32. The molecular weight excluding hydrogens is 308 g/mol. The molecule has 0 bridgehead atoms. The first kappa shape index (κ1) is 17.8. The van der Waals surface area contributed by atoms with E-state index in [0.29, 0.717) is 5.92 Å². The fourth-order valence-electron chi connectivity index (χ4n) is 2.97. The average molecular weight is 333 g/mol. The summed E-state index contributed by atoms with van der Waals surface area (Å²) >= 11 is 0. The van der Waals surface area contributed by atoms with E-state index in [0.717, 1.165) is 37.7 Å². The third kappa shape index (κ3) is 5.24. The lowest BCUT2D eigenvalue weighted by atomic mass is 9.97. The van der Waals surface area contributed by atoms with Gasteiger partial charge >= 0.3 is 0 Å². The standard InChI is InChI=1S/C19H24N2O.ClH/c20-14-16-9-11-21(12-10-16)15-17-5-4-8-19(13-17)22-18-6-2-1-3-7-18;/h1-8,13,16H,9-12,14-15,20H2;1H. The van der Waals surface area contributed by atoms with Gasteiger partial charge < -0.3 is 10.5 Å². The van der Waals surface area contributed by atoms with Crippen molar-refractivity contribution < 1.29 is 4.74 Å². The largest absolute Gasteiger partial charge is 0.457 e. The third-order valence-corrected chi connectivity index (χ3v) is 4.32. The van der Waals surface area contributed by atoms with Crippen molar-refractivity contribution in [3.8, 4) is 11.5 Å². The van der Waals surface area contributed by atoms with E-state index in [-0.39, 0.29) is 12.4 Å². The summed E-state index contributed by atoms with van der Waals surface area (Å²) in [5, 5.41) is 0. The van der Waals surface area contributed by atoms with Crippen molar-refractivity contribution in [3.05, 3.63) is 60.2 Å². The van der Waals surface area contributed by atoms with Crippen LogP contribution in [0.25, 0.3) is 0 Å². The maximum Gasteiger partial charge on any atom is 0.127 e. The monoisotopic (exact) mass is 332 g/mol. The Morgan fingerprint density at radius 2 is 1.65 bits per heavy atom. The Bertz CT molecular complexity index is 583. The molecule has 2 N–H and O–H groups in total. The van der Waals surface area contributed by atoms with E-state index in [4.69, 9.17) is 10.5 Å². The molecule has 1 heterocycles. The minimum absolute atomic E-state index is 0. The summed E-state index contributed by atoms with van der Waals surface area (Å²) in [7, 11) is 0. The fraction of sp³-hybridized carbons (Fsp3) is 0.368. The Morgan fingerprint density at radius 1 is 0.957 bits per heavy atom. The summed E-state index contributed by atoms with van der Waals surface area (Å²) in [6, 6.07) is 18.3. The normalized spacial score (nSPS) is 15.9. The summed E-state index contributed by atoms with van der Waals surface area (Å²) in [5.41, 5.74) is 7.06. The van der Waals surface area contributed by atoms with Gasteiger partial charge in [0.1, 0.15) is 11.5 Å². The van der Waals surface area contributed by atoms with Crippen LogP contribution in [0.1, 0.15) is 18.4 Å². The lowest BCUT2D eigenvalue weighted by Crippen LogP contribution is -2.35. The highest BCUT2D eigenvalue weighted by molar-refractivity contribution is 5.85. The van der Waals surface area contributed by atoms with Crippen LogP contribution in [0, 0.1) is 5.92 Å². The van der Waals surface area contributed by atoms with Crippen molar-refractivity contribution in [1.82, 2.24) is 4.90 Å². The molecule has 1 saturated heterocycles. The molecule has 0 aliphatic carbocycles. The predicted octanol–water partition coefficient (Wildman–Crippen LogP) is 4.07. The van der Waals surface area contributed by atoms with Crippen LogP contribution in [-0.4, -0.2) is 24.5 Å². The van der Waals surface area contributed by atoms with E-state index >= 15 is 0 Å². The lowest BCUT2D eigenvalue weighted by Gasteiger charge is -2.31. The van der Waals surface area contributed by atoms with E-state index in [1.165, 1.54) is 18.4 Å². The number of hydrogen-bond donors (Lipinski definition) is 1. The van der Waals surface area contributed by atoms with Crippen LogP contribution >= 0.6 is 12.4 Å². The zero-order valence-electron chi connectivity index (χ0n) is 13.4. The Balaban J connectivity index is 0.00000192. The van der Waals surface area contributed by atoms with Gasteiger partial charge in [-0.2, -0.15) is 0 Å². The number of nitrogens with two attached hydrogens (primary N) is 1. The highest BCUT2D eigenvalue weighted by Crippen LogP contribution is 2.23. The van der Waals surface area contributed by atoms with E-state index in [2.05, 4.69) is 23.1 Å². The van der Waals surface area contributed by atoms with Crippen molar-refractivity contribution in [3.63, 3.8) is 0 Å². The highest BCUT2D eigenvalue weighted by Gasteiger charge is 2.17. The Kier molecular flexibility index (Phi) is 6.90. The second-order valence-corrected chi connectivity index (χ2v) is 6.02. The molecule has 0 spiro atoms. The molecule has 0 saturated carbocycles. The van der Waals surface area contributed by atoms with Crippen LogP contribution in [0.3, 0.4) is 0 Å². The first-order chi connectivity index (χ1) is 10.8. The van der Waals surface area contributed by atoms with Crippen LogP contribution in [0.2, 0.25) is 0 Å². The molecule has 124 valence electrons. The molecule has 3 nitrogen and oxygen atoms in total. The summed E-state index contributed by atoms with van der Waals surface area (Å²) in [5.74, 6) is 2.49. The minimum Gasteiger partial charge on any atom is -0.457 e. The van der Waals surface area contributed by atoms with Crippen molar-refractivity contribution in [2.75, 3.05) is 19.6 Å². The Labute approximate surface area is 144 Å².